The Bertz CT molecular complexity index is 905. The van der Waals surface area contributed by atoms with Crippen molar-refractivity contribution in [3.05, 3.63) is 65.5 Å². The van der Waals surface area contributed by atoms with Gasteiger partial charge in [0.15, 0.2) is 10.9 Å². The predicted octanol–water partition coefficient (Wildman–Crippen LogP) is 3.87. The molecule has 5 nitrogen and oxygen atoms in total. The molecule has 1 heterocycles. The highest BCUT2D eigenvalue weighted by Crippen LogP contribution is 2.27. The van der Waals surface area contributed by atoms with Gasteiger partial charge in [-0.1, -0.05) is 47.7 Å². The van der Waals surface area contributed by atoms with Crippen molar-refractivity contribution in [2.75, 3.05) is 12.9 Å². The third-order valence-electron chi connectivity index (χ3n) is 3.88. The molecule has 0 N–H and O–H groups in total. The lowest BCUT2D eigenvalue weighted by atomic mass is 10.0. The fourth-order valence-electron chi connectivity index (χ4n) is 2.65. The van der Waals surface area contributed by atoms with E-state index in [1.54, 1.807) is 13.4 Å². The van der Waals surface area contributed by atoms with Gasteiger partial charge in [0.2, 0.25) is 0 Å². The molecular formula is C19H19N3O2S. The SMILES string of the molecule is COc1ccccc1-n1cnnc1SCC(=O)c1ccc(C)cc1C. The van der Waals surface area contributed by atoms with Crippen molar-refractivity contribution in [2.45, 2.75) is 19.0 Å². The number of benzene rings is 2. The van der Waals surface area contributed by atoms with Gasteiger partial charge < -0.3 is 4.74 Å². The van der Waals surface area contributed by atoms with E-state index in [-0.39, 0.29) is 5.78 Å². The van der Waals surface area contributed by atoms with Crippen LogP contribution in [0.1, 0.15) is 21.5 Å². The van der Waals surface area contributed by atoms with Crippen molar-refractivity contribution in [1.82, 2.24) is 14.8 Å². The van der Waals surface area contributed by atoms with E-state index >= 15 is 0 Å². The number of hydrogen-bond acceptors (Lipinski definition) is 5. The second kappa shape index (κ2) is 7.53. The third-order valence-corrected chi connectivity index (χ3v) is 4.82. The summed E-state index contributed by atoms with van der Waals surface area (Å²) in [6, 6.07) is 13.5. The third kappa shape index (κ3) is 3.74. The van der Waals surface area contributed by atoms with Crippen LogP contribution < -0.4 is 4.74 Å². The van der Waals surface area contributed by atoms with Crippen LogP contribution in [0.25, 0.3) is 5.69 Å². The minimum Gasteiger partial charge on any atom is -0.495 e. The number of carbonyl (C=O) groups excluding carboxylic acids is 1. The first-order valence-electron chi connectivity index (χ1n) is 7.87. The average Bonchev–Trinajstić information content (AvgIpc) is 3.08. The quantitative estimate of drug-likeness (QED) is 0.497. The minimum atomic E-state index is 0.0806. The number of carbonyl (C=O) groups is 1. The van der Waals surface area contributed by atoms with Gasteiger partial charge in [0, 0.05) is 5.56 Å². The van der Waals surface area contributed by atoms with Gasteiger partial charge >= 0.3 is 0 Å². The molecule has 0 atom stereocenters. The van der Waals surface area contributed by atoms with Crippen molar-refractivity contribution in [1.29, 1.82) is 0 Å². The molecule has 0 amide bonds. The van der Waals surface area contributed by atoms with E-state index in [1.807, 2.05) is 60.9 Å². The standard InChI is InChI=1S/C19H19N3O2S/c1-13-8-9-15(14(2)10-13)17(23)11-25-19-21-20-12-22(19)16-6-4-5-7-18(16)24-3/h4-10,12H,11H2,1-3H3. The molecule has 0 saturated heterocycles. The number of aromatic nitrogens is 3. The second-order valence-corrected chi connectivity index (χ2v) is 6.63. The Hall–Kier alpha value is -2.60. The van der Waals surface area contributed by atoms with E-state index in [4.69, 9.17) is 4.74 Å². The highest BCUT2D eigenvalue weighted by molar-refractivity contribution is 7.99. The number of thioether (sulfide) groups is 1. The lowest BCUT2D eigenvalue weighted by Crippen LogP contribution is -2.06. The zero-order valence-electron chi connectivity index (χ0n) is 14.4. The highest BCUT2D eigenvalue weighted by Gasteiger charge is 2.15. The summed E-state index contributed by atoms with van der Waals surface area (Å²) in [5.41, 5.74) is 3.74. The molecule has 2 aromatic carbocycles. The number of ether oxygens (including phenoxy) is 1. The topological polar surface area (TPSA) is 57.0 Å². The fourth-order valence-corrected chi connectivity index (χ4v) is 3.46. The number of ketones is 1. The van der Waals surface area contributed by atoms with E-state index in [1.165, 1.54) is 11.8 Å². The van der Waals surface area contributed by atoms with E-state index in [2.05, 4.69) is 10.2 Å². The Labute approximate surface area is 151 Å². The predicted molar refractivity (Wildman–Crippen MR) is 98.9 cm³/mol. The second-order valence-electron chi connectivity index (χ2n) is 5.69. The first-order valence-corrected chi connectivity index (χ1v) is 8.85. The van der Waals surface area contributed by atoms with Crippen LogP contribution in [0.4, 0.5) is 0 Å². The van der Waals surface area contributed by atoms with Crippen LogP contribution in [0.5, 0.6) is 5.75 Å². The molecule has 25 heavy (non-hydrogen) atoms. The summed E-state index contributed by atoms with van der Waals surface area (Å²) in [7, 11) is 1.62. The molecule has 0 fully saturated rings. The largest absolute Gasteiger partial charge is 0.495 e. The van der Waals surface area contributed by atoms with Crippen molar-refractivity contribution in [3.63, 3.8) is 0 Å². The van der Waals surface area contributed by atoms with Crippen molar-refractivity contribution >= 4 is 17.5 Å². The van der Waals surface area contributed by atoms with Crippen LogP contribution in [0.2, 0.25) is 0 Å². The molecule has 0 aliphatic carbocycles. The summed E-state index contributed by atoms with van der Waals surface area (Å²) in [6.07, 6.45) is 1.63. The van der Waals surface area contributed by atoms with Crippen LogP contribution in [-0.4, -0.2) is 33.4 Å². The van der Waals surface area contributed by atoms with E-state index in [0.29, 0.717) is 10.9 Å². The van der Waals surface area contributed by atoms with E-state index in [0.717, 1.165) is 28.1 Å². The maximum Gasteiger partial charge on any atom is 0.196 e. The number of hydrogen-bond donors (Lipinski definition) is 0. The maximum atomic E-state index is 12.5. The molecule has 0 unspecified atom stereocenters. The zero-order chi connectivity index (χ0) is 17.8. The van der Waals surface area contributed by atoms with Gasteiger partial charge in [-0.25, -0.2) is 0 Å². The molecule has 3 rings (SSSR count). The lowest BCUT2D eigenvalue weighted by Gasteiger charge is -2.10. The summed E-state index contributed by atoms with van der Waals surface area (Å²) in [5.74, 6) is 1.11. The van der Waals surface area contributed by atoms with Crippen LogP contribution in [-0.2, 0) is 0 Å². The Balaban J connectivity index is 1.79. The van der Waals surface area contributed by atoms with Gasteiger partial charge in [-0.2, -0.15) is 0 Å². The van der Waals surface area contributed by atoms with Gasteiger partial charge in [0.1, 0.15) is 12.1 Å². The first-order chi connectivity index (χ1) is 12.1. The summed E-state index contributed by atoms with van der Waals surface area (Å²) in [4.78, 5) is 12.5. The summed E-state index contributed by atoms with van der Waals surface area (Å²) < 4.78 is 7.23. The minimum absolute atomic E-state index is 0.0806. The molecular weight excluding hydrogens is 334 g/mol. The number of aryl methyl sites for hydroxylation is 2. The van der Waals surface area contributed by atoms with Gasteiger partial charge in [0.25, 0.3) is 0 Å². The smallest absolute Gasteiger partial charge is 0.196 e. The number of methoxy groups -OCH3 is 1. The van der Waals surface area contributed by atoms with Crippen molar-refractivity contribution in [2.24, 2.45) is 0 Å². The molecule has 3 aromatic rings. The molecule has 0 aliphatic heterocycles. The van der Waals surface area contributed by atoms with Gasteiger partial charge in [-0.15, -0.1) is 10.2 Å². The highest BCUT2D eigenvalue weighted by atomic mass is 32.2. The summed E-state index contributed by atoms with van der Waals surface area (Å²) in [6.45, 7) is 3.98. The van der Waals surface area contributed by atoms with Crippen molar-refractivity contribution < 1.29 is 9.53 Å². The Morgan fingerprint density at radius 2 is 2.00 bits per heavy atom. The number of rotatable bonds is 6. The number of nitrogens with zero attached hydrogens (tertiary/aromatic N) is 3. The van der Waals surface area contributed by atoms with E-state index < -0.39 is 0 Å². The van der Waals surface area contributed by atoms with Gasteiger partial charge in [-0.3, -0.25) is 9.36 Å². The van der Waals surface area contributed by atoms with E-state index in [9.17, 15) is 4.79 Å². The van der Waals surface area contributed by atoms with Crippen molar-refractivity contribution in [3.8, 4) is 11.4 Å². The molecule has 6 heteroatoms. The average molecular weight is 353 g/mol. The Morgan fingerprint density at radius 1 is 1.20 bits per heavy atom. The Kier molecular flexibility index (Phi) is 5.19. The molecule has 0 bridgehead atoms. The van der Waals surface area contributed by atoms with Crippen LogP contribution >= 0.6 is 11.8 Å². The lowest BCUT2D eigenvalue weighted by molar-refractivity contribution is 0.102. The van der Waals surface area contributed by atoms with Crippen LogP contribution in [0, 0.1) is 13.8 Å². The summed E-state index contributed by atoms with van der Waals surface area (Å²) >= 11 is 1.37. The number of para-hydroxylation sites is 2. The molecule has 0 saturated carbocycles. The summed E-state index contributed by atoms with van der Waals surface area (Å²) in [5, 5.41) is 8.77. The van der Waals surface area contributed by atoms with Gasteiger partial charge in [0.05, 0.1) is 18.6 Å². The molecule has 0 radical (unpaired) electrons. The number of Topliss-reactive ketones (excluding diaryl/α,β-unsaturated/α-hetero) is 1. The normalized spacial score (nSPS) is 10.7. The van der Waals surface area contributed by atoms with Gasteiger partial charge in [-0.05, 0) is 31.5 Å². The molecule has 0 spiro atoms. The monoisotopic (exact) mass is 353 g/mol. The maximum absolute atomic E-state index is 12.5. The Morgan fingerprint density at radius 3 is 2.76 bits per heavy atom. The zero-order valence-corrected chi connectivity index (χ0v) is 15.2. The molecule has 0 aliphatic rings. The fraction of sp³-hybridized carbons (Fsp3) is 0.211. The van der Waals surface area contributed by atoms with Crippen LogP contribution in [0.15, 0.2) is 53.9 Å². The molecule has 128 valence electrons. The van der Waals surface area contributed by atoms with Crippen LogP contribution in [0.3, 0.4) is 0 Å². The first kappa shape index (κ1) is 17.2. The molecule has 1 aromatic heterocycles.